The Balaban J connectivity index is 1.69. The minimum Gasteiger partial charge on any atom is -0.481 e. The van der Waals surface area contributed by atoms with Crippen molar-refractivity contribution in [3.63, 3.8) is 0 Å². The minimum atomic E-state index is -0.894. The maximum atomic E-state index is 13.6. The lowest BCUT2D eigenvalue weighted by molar-refractivity contribution is -0.143. The normalized spacial score (nSPS) is 19.7. The molecule has 1 saturated heterocycles. The molecule has 2 atom stereocenters. The Morgan fingerprint density at radius 2 is 2.15 bits per heavy atom. The van der Waals surface area contributed by atoms with Gasteiger partial charge in [-0.3, -0.25) is 10.1 Å². The molecule has 1 fully saturated rings. The Bertz CT molecular complexity index is 857. The van der Waals surface area contributed by atoms with E-state index in [1.807, 2.05) is 6.92 Å². The SMILES string of the molecule is CC1CC(C(=O)O)CN(C(=O)Nc2ccnn2Cc2ccc(Cl)c(F)c2)C1. The summed E-state index contributed by atoms with van der Waals surface area (Å²) >= 11 is 5.69. The number of rotatable bonds is 4. The van der Waals surface area contributed by atoms with Crippen molar-refractivity contribution in [2.75, 3.05) is 18.4 Å². The number of carbonyl (C=O) groups is 2. The van der Waals surface area contributed by atoms with Crippen LogP contribution >= 0.6 is 11.6 Å². The zero-order valence-corrected chi connectivity index (χ0v) is 15.5. The van der Waals surface area contributed by atoms with Crippen LogP contribution in [0.5, 0.6) is 0 Å². The Morgan fingerprint density at radius 3 is 2.85 bits per heavy atom. The molecular weight excluding hydrogens is 375 g/mol. The van der Waals surface area contributed by atoms with Crippen LogP contribution in [0.2, 0.25) is 5.02 Å². The third-order valence-electron chi connectivity index (χ3n) is 4.56. The molecule has 0 bridgehead atoms. The molecule has 9 heteroatoms. The molecule has 0 aliphatic carbocycles. The zero-order chi connectivity index (χ0) is 19.6. The molecule has 1 aliphatic heterocycles. The topological polar surface area (TPSA) is 87.5 Å². The molecular formula is C18H20ClFN4O3. The predicted molar refractivity (Wildman–Crippen MR) is 98.2 cm³/mol. The molecule has 7 nitrogen and oxygen atoms in total. The van der Waals surface area contributed by atoms with Crippen LogP contribution in [0.4, 0.5) is 15.0 Å². The lowest BCUT2D eigenvalue weighted by atomic mass is 9.91. The van der Waals surface area contributed by atoms with Crippen LogP contribution in [0.15, 0.2) is 30.5 Å². The van der Waals surface area contributed by atoms with Gasteiger partial charge in [-0.05, 0) is 30.0 Å². The number of aromatic nitrogens is 2. The molecule has 1 aromatic heterocycles. The molecule has 2 aromatic rings. The van der Waals surface area contributed by atoms with E-state index < -0.39 is 17.7 Å². The third-order valence-corrected chi connectivity index (χ3v) is 4.87. The molecule has 1 aliphatic rings. The van der Waals surface area contributed by atoms with E-state index in [0.717, 1.165) is 0 Å². The first-order valence-corrected chi connectivity index (χ1v) is 8.95. The van der Waals surface area contributed by atoms with Gasteiger partial charge in [-0.1, -0.05) is 24.6 Å². The quantitative estimate of drug-likeness (QED) is 0.832. The van der Waals surface area contributed by atoms with Crippen molar-refractivity contribution in [1.82, 2.24) is 14.7 Å². The van der Waals surface area contributed by atoms with E-state index >= 15 is 0 Å². The highest BCUT2D eigenvalue weighted by Gasteiger charge is 2.32. The molecule has 2 unspecified atom stereocenters. The number of nitrogens with zero attached hydrogens (tertiary/aromatic N) is 3. The van der Waals surface area contributed by atoms with Crippen LogP contribution in [0, 0.1) is 17.7 Å². The van der Waals surface area contributed by atoms with Gasteiger partial charge in [0.1, 0.15) is 11.6 Å². The smallest absolute Gasteiger partial charge is 0.323 e. The van der Waals surface area contributed by atoms with E-state index in [1.54, 1.807) is 12.1 Å². The van der Waals surface area contributed by atoms with Crippen LogP contribution in [-0.4, -0.2) is 44.9 Å². The van der Waals surface area contributed by atoms with Gasteiger partial charge < -0.3 is 10.0 Å². The third kappa shape index (κ3) is 4.57. The average Bonchev–Trinajstić information content (AvgIpc) is 3.04. The fourth-order valence-electron chi connectivity index (χ4n) is 3.26. The summed E-state index contributed by atoms with van der Waals surface area (Å²) in [5, 5.41) is 16.2. The number of benzene rings is 1. The second-order valence-electron chi connectivity index (χ2n) is 6.83. The van der Waals surface area contributed by atoms with Gasteiger partial charge in [0, 0.05) is 19.2 Å². The van der Waals surface area contributed by atoms with Crippen molar-refractivity contribution in [2.24, 2.45) is 11.8 Å². The molecule has 3 rings (SSSR count). The lowest BCUT2D eigenvalue weighted by Crippen LogP contribution is -2.47. The first-order valence-electron chi connectivity index (χ1n) is 8.58. The molecule has 27 heavy (non-hydrogen) atoms. The highest BCUT2D eigenvalue weighted by Crippen LogP contribution is 2.23. The van der Waals surface area contributed by atoms with Crippen molar-refractivity contribution < 1.29 is 19.1 Å². The standard InChI is InChI=1S/C18H20ClFN4O3/c1-11-6-13(17(25)26)10-23(8-11)18(27)22-16-4-5-21-24(16)9-12-2-3-14(19)15(20)7-12/h2-5,7,11,13H,6,8-10H2,1H3,(H,22,27)(H,25,26). The molecule has 0 saturated carbocycles. The van der Waals surface area contributed by atoms with Gasteiger partial charge in [0.05, 0.1) is 23.7 Å². The summed E-state index contributed by atoms with van der Waals surface area (Å²) in [4.78, 5) is 25.4. The van der Waals surface area contributed by atoms with Crippen LogP contribution < -0.4 is 5.32 Å². The Labute approximate surface area is 160 Å². The second kappa shape index (κ2) is 7.96. The first kappa shape index (κ1) is 19.2. The summed E-state index contributed by atoms with van der Waals surface area (Å²) in [5.41, 5.74) is 0.647. The number of halogens is 2. The summed E-state index contributed by atoms with van der Waals surface area (Å²) in [6.07, 6.45) is 2.08. The van der Waals surface area contributed by atoms with Crippen molar-refractivity contribution in [3.8, 4) is 0 Å². The number of anilines is 1. The molecule has 144 valence electrons. The van der Waals surface area contributed by atoms with E-state index in [2.05, 4.69) is 10.4 Å². The summed E-state index contributed by atoms with van der Waals surface area (Å²) < 4.78 is 15.1. The number of carbonyl (C=O) groups excluding carboxylic acids is 1. The van der Waals surface area contributed by atoms with Crippen molar-refractivity contribution in [2.45, 2.75) is 19.9 Å². The highest BCUT2D eigenvalue weighted by molar-refractivity contribution is 6.30. The zero-order valence-electron chi connectivity index (χ0n) is 14.7. The monoisotopic (exact) mass is 394 g/mol. The van der Waals surface area contributed by atoms with Crippen LogP contribution in [-0.2, 0) is 11.3 Å². The number of hydrogen-bond acceptors (Lipinski definition) is 3. The minimum absolute atomic E-state index is 0.0416. The summed E-state index contributed by atoms with van der Waals surface area (Å²) in [6.45, 7) is 2.84. The molecule has 1 aromatic carbocycles. The molecule has 0 radical (unpaired) electrons. The van der Waals surface area contributed by atoms with Gasteiger partial charge >= 0.3 is 12.0 Å². The van der Waals surface area contributed by atoms with Gasteiger partial charge in [0.25, 0.3) is 0 Å². The molecule has 2 N–H and O–H groups in total. The number of aliphatic carboxylic acids is 1. The van der Waals surface area contributed by atoms with Crippen LogP contribution in [0.1, 0.15) is 18.9 Å². The van der Waals surface area contributed by atoms with E-state index in [9.17, 15) is 19.1 Å². The van der Waals surface area contributed by atoms with E-state index in [-0.39, 0.29) is 30.1 Å². The average molecular weight is 395 g/mol. The van der Waals surface area contributed by atoms with Crippen molar-refractivity contribution in [3.05, 3.63) is 46.9 Å². The van der Waals surface area contributed by atoms with Crippen molar-refractivity contribution >= 4 is 29.4 Å². The highest BCUT2D eigenvalue weighted by atomic mass is 35.5. The van der Waals surface area contributed by atoms with Gasteiger partial charge in [-0.2, -0.15) is 5.10 Å². The Kier molecular flexibility index (Phi) is 5.65. The van der Waals surface area contributed by atoms with E-state index in [0.29, 0.717) is 24.3 Å². The van der Waals surface area contributed by atoms with Gasteiger partial charge in [-0.15, -0.1) is 0 Å². The van der Waals surface area contributed by atoms with Crippen LogP contribution in [0.3, 0.4) is 0 Å². The number of carboxylic acid groups (broad SMARTS) is 1. The van der Waals surface area contributed by atoms with Gasteiger partial charge in [-0.25, -0.2) is 13.9 Å². The lowest BCUT2D eigenvalue weighted by Gasteiger charge is -2.34. The number of nitrogens with one attached hydrogen (secondary N) is 1. The number of urea groups is 1. The fraction of sp³-hybridized carbons (Fsp3) is 0.389. The van der Waals surface area contributed by atoms with Crippen molar-refractivity contribution in [1.29, 1.82) is 0 Å². The Hall–Kier alpha value is -2.61. The number of hydrogen-bond donors (Lipinski definition) is 2. The molecule has 0 spiro atoms. The largest absolute Gasteiger partial charge is 0.481 e. The maximum absolute atomic E-state index is 13.6. The summed E-state index contributed by atoms with van der Waals surface area (Å²) in [7, 11) is 0. The van der Waals surface area contributed by atoms with Crippen LogP contribution in [0.25, 0.3) is 0 Å². The number of likely N-dealkylation sites (tertiary alicyclic amines) is 1. The fourth-order valence-corrected chi connectivity index (χ4v) is 3.38. The molecule has 2 amide bonds. The molecule has 2 heterocycles. The maximum Gasteiger partial charge on any atom is 0.323 e. The second-order valence-corrected chi connectivity index (χ2v) is 7.24. The number of piperidine rings is 1. The number of carboxylic acids is 1. The van der Waals surface area contributed by atoms with Gasteiger partial charge in [0.15, 0.2) is 0 Å². The predicted octanol–water partition coefficient (Wildman–Crippen LogP) is 3.30. The Morgan fingerprint density at radius 1 is 1.37 bits per heavy atom. The summed E-state index contributed by atoms with van der Waals surface area (Å²) in [6, 6.07) is 5.72. The van der Waals surface area contributed by atoms with E-state index in [4.69, 9.17) is 11.6 Å². The number of amides is 2. The summed E-state index contributed by atoms with van der Waals surface area (Å²) in [5.74, 6) is -1.43. The van der Waals surface area contributed by atoms with E-state index in [1.165, 1.54) is 27.9 Å². The first-order chi connectivity index (χ1) is 12.8. The van der Waals surface area contributed by atoms with Gasteiger partial charge in [0.2, 0.25) is 0 Å².